The van der Waals surface area contributed by atoms with Gasteiger partial charge in [-0.25, -0.2) is 9.97 Å². The van der Waals surface area contributed by atoms with Crippen molar-refractivity contribution in [1.82, 2.24) is 14.9 Å². The Labute approximate surface area is 172 Å². The molecule has 2 aromatic heterocycles. The Hall–Kier alpha value is -2.95. The molecule has 0 radical (unpaired) electrons. The summed E-state index contributed by atoms with van der Waals surface area (Å²) < 4.78 is 0. The second-order valence-corrected chi connectivity index (χ2v) is 7.89. The van der Waals surface area contributed by atoms with Gasteiger partial charge in [0.15, 0.2) is 5.65 Å². The number of nitrogens with zero attached hydrogens (tertiary/aromatic N) is 3. The molecule has 1 fully saturated rings. The first-order valence-electron chi connectivity index (χ1n) is 10.5. The molecule has 0 spiro atoms. The van der Waals surface area contributed by atoms with Crippen molar-refractivity contribution in [2.45, 2.75) is 52.5 Å². The van der Waals surface area contributed by atoms with E-state index in [4.69, 9.17) is 0 Å². The molecule has 1 amide bonds. The SMILES string of the molecule is CCc1cccc(Nc2c(C(=O)N3CCCC[C@H]3C)cnc3nc(C)ccc23)c1. The Bertz CT molecular complexity index is 1050. The highest BCUT2D eigenvalue weighted by Crippen LogP contribution is 2.31. The van der Waals surface area contributed by atoms with E-state index in [-0.39, 0.29) is 11.9 Å². The summed E-state index contributed by atoms with van der Waals surface area (Å²) in [5.41, 5.74) is 5.19. The van der Waals surface area contributed by atoms with Crippen LogP contribution in [-0.4, -0.2) is 33.4 Å². The maximum atomic E-state index is 13.5. The molecule has 1 atom stereocenters. The van der Waals surface area contributed by atoms with Crippen molar-refractivity contribution in [3.63, 3.8) is 0 Å². The van der Waals surface area contributed by atoms with Gasteiger partial charge in [0.1, 0.15) is 0 Å². The number of carbonyl (C=O) groups is 1. The Balaban J connectivity index is 1.81. The molecule has 1 aromatic carbocycles. The largest absolute Gasteiger partial charge is 0.354 e. The van der Waals surface area contributed by atoms with Crippen LogP contribution in [-0.2, 0) is 6.42 Å². The van der Waals surface area contributed by atoms with Crippen molar-refractivity contribution >= 4 is 28.3 Å². The Kier molecular flexibility index (Phi) is 5.47. The number of nitrogens with one attached hydrogen (secondary N) is 1. The molecular weight excluding hydrogens is 360 g/mol. The van der Waals surface area contributed by atoms with Crippen LogP contribution in [0.5, 0.6) is 0 Å². The van der Waals surface area contributed by atoms with Gasteiger partial charge >= 0.3 is 0 Å². The van der Waals surface area contributed by atoms with Gasteiger partial charge in [0.25, 0.3) is 5.91 Å². The van der Waals surface area contributed by atoms with Gasteiger partial charge in [-0.1, -0.05) is 19.1 Å². The average molecular weight is 389 g/mol. The molecule has 5 nitrogen and oxygen atoms in total. The van der Waals surface area contributed by atoms with E-state index in [0.29, 0.717) is 11.2 Å². The first-order valence-corrected chi connectivity index (χ1v) is 10.5. The van der Waals surface area contributed by atoms with Gasteiger partial charge in [0.05, 0.1) is 11.3 Å². The van der Waals surface area contributed by atoms with Crippen LogP contribution in [0.15, 0.2) is 42.6 Å². The molecular formula is C24H28N4O. The van der Waals surface area contributed by atoms with Crippen molar-refractivity contribution in [3.05, 3.63) is 59.4 Å². The molecule has 0 unspecified atom stereocenters. The van der Waals surface area contributed by atoms with Crippen LogP contribution in [0.2, 0.25) is 0 Å². The van der Waals surface area contributed by atoms with E-state index in [1.807, 2.05) is 36.1 Å². The molecule has 0 aliphatic carbocycles. The van der Waals surface area contributed by atoms with Gasteiger partial charge in [-0.15, -0.1) is 0 Å². The first kappa shape index (κ1) is 19.4. The topological polar surface area (TPSA) is 58.1 Å². The average Bonchev–Trinajstić information content (AvgIpc) is 2.74. The second-order valence-electron chi connectivity index (χ2n) is 7.89. The van der Waals surface area contributed by atoms with Crippen LogP contribution in [0.3, 0.4) is 0 Å². The molecule has 0 saturated carbocycles. The predicted octanol–water partition coefficient (Wildman–Crippen LogP) is 5.26. The van der Waals surface area contributed by atoms with E-state index in [1.165, 1.54) is 12.0 Å². The lowest BCUT2D eigenvalue weighted by atomic mass is 10.0. The molecule has 1 aliphatic rings. The third-order valence-electron chi connectivity index (χ3n) is 5.77. The molecule has 4 rings (SSSR count). The lowest BCUT2D eigenvalue weighted by Crippen LogP contribution is -2.42. The summed E-state index contributed by atoms with van der Waals surface area (Å²) in [4.78, 5) is 24.6. The number of fused-ring (bicyclic) bond motifs is 1. The normalized spacial score (nSPS) is 16.8. The quantitative estimate of drug-likeness (QED) is 0.662. The number of benzene rings is 1. The number of aromatic nitrogens is 2. The maximum absolute atomic E-state index is 13.5. The Morgan fingerprint density at radius 2 is 2.10 bits per heavy atom. The molecule has 0 bridgehead atoms. The number of aryl methyl sites for hydroxylation is 2. The highest BCUT2D eigenvalue weighted by Gasteiger charge is 2.27. The number of anilines is 2. The zero-order chi connectivity index (χ0) is 20.4. The smallest absolute Gasteiger partial charge is 0.257 e. The first-order chi connectivity index (χ1) is 14.1. The van der Waals surface area contributed by atoms with Gasteiger partial charge in [0, 0.05) is 35.6 Å². The molecule has 3 heterocycles. The Morgan fingerprint density at radius 1 is 1.24 bits per heavy atom. The van der Waals surface area contributed by atoms with Crippen LogP contribution in [0.4, 0.5) is 11.4 Å². The standard InChI is InChI=1S/C24H28N4O/c1-4-18-9-7-10-19(14-18)27-22-20-12-11-16(2)26-23(20)25-15-21(22)24(29)28-13-6-5-8-17(28)3/h7,9-12,14-15,17H,4-6,8,13H2,1-3H3,(H,25,26,27)/t17-/m1/s1. The van der Waals surface area contributed by atoms with Crippen molar-refractivity contribution in [2.24, 2.45) is 0 Å². The number of amides is 1. The minimum Gasteiger partial charge on any atom is -0.354 e. The highest BCUT2D eigenvalue weighted by atomic mass is 16.2. The minimum atomic E-state index is 0.0429. The molecule has 150 valence electrons. The fourth-order valence-corrected chi connectivity index (χ4v) is 4.04. The number of rotatable bonds is 4. The van der Waals surface area contributed by atoms with E-state index in [2.05, 4.69) is 41.3 Å². The van der Waals surface area contributed by atoms with E-state index in [9.17, 15) is 4.79 Å². The van der Waals surface area contributed by atoms with Gasteiger partial charge < -0.3 is 10.2 Å². The van der Waals surface area contributed by atoms with Crippen molar-refractivity contribution in [2.75, 3.05) is 11.9 Å². The summed E-state index contributed by atoms with van der Waals surface area (Å²) >= 11 is 0. The van der Waals surface area contributed by atoms with Gasteiger partial charge in [-0.3, -0.25) is 4.79 Å². The summed E-state index contributed by atoms with van der Waals surface area (Å²) in [7, 11) is 0. The molecule has 1 aliphatic heterocycles. The highest BCUT2D eigenvalue weighted by molar-refractivity contribution is 6.07. The minimum absolute atomic E-state index is 0.0429. The van der Waals surface area contributed by atoms with Gasteiger partial charge in [0.2, 0.25) is 0 Å². The van der Waals surface area contributed by atoms with E-state index in [0.717, 1.165) is 48.3 Å². The number of pyridine rings is 2. The third kappa shape index (κ3) is 3.95. The summed E-state index contributed by atoms with van der Waals surface area (Å²) in [5, 5.41) is 4.39. The lowest BCUT2D eigenvalue weighted by Gasteiger charge is -2.34. The van der Waals surface area contributed by atoms with Gasteiger partial charge in [-0.2, -0.15) is 0 Å². The summed E-state index contributed by atoms with van der Waals surface area (Å²) in [6.07, 6.45) is 5.93. The van der Waals surface area contributed by atoms with Crippen LogP contribution < -0.4 is 5.32 Å². The van der Waals surface area contributed by atoms with Crippen molar-refractivity contribution < 1.29 is 4.79 Å². The molecule has 3 aromatic rings. The van der Waals surface area contributed by atoms with Crippen LogP contribution in [0.1, 0.15) is 54.7 Å². The number of hydrogen-bond acceptors (Lipinski definition) is 4. The third-order valence-corrected chi connectivity index (χ3v) is 5.77. The number of hydrogen-bond donors (Lipinski definition) is 1. The van der Waals surface area contributed by atoms with Crippen molar-refractivity contribution in [1.29, 1.82) is 0 Å². The summed E-state index contributed by atoms with van der Waals surface area (Å²) in [5.74, 6) is 0.0429. The number of carbonyl (C=O) groups excluding carboxylic acids is 1. The van der Waals surface area contributed by atoms with E-state index >= 15 is 0 Å². The van der Waals surface area contributed by atoms with Crippen LogP contribution in [0, 0.1) is 6.92 Å². The molecule has 5 heteroatoms. The van der Waals surface area contributed by atoms with Gasteiger partial charge in [-0.05, 0) is 69.4 Å². The molecule has 1 N–H and O–H groups in total. The zero-order valence-electron chi connectivity index (χ0n) is 17.4. The molecule has 1 saturated heterocycles. The monoisotopic (exact) mass is 388 g/mol. The number of likely N-dealkylation sites (tertiary alicyclic amines) is 1. The fraction of sp³-hybridized carbons (Fsp3) is 0.375. The van der Waals surface area contributed by atoms with Crippen LogP contribution in [0.25, 0.3) is 11.0 Å². The van der Waals surface area contributed by atoms with Crippen LogP contribution >= 0.6 is 0 Å². The fourth-order valence-electron chi connectivity index (χ4n) is 4.04. The van der Waals surface area contributed by atoms with E-state index < -0.39 is 0 Å². The van der Waals surface area contributed by atoms with Crippen molar-refractivity contribution in [3.8, 4) is 0 Å². The predicted molar refractivity (Wildman–Crippen MR) is 118 cm³/mol. The second kappa shape index (κ2) is 8.19. The maximum Gasteiger partial charge on any atom is 0.257 e. The molecule has 29 heavy (non-hydrogen) atoms. The lowest BCUT2D eigenvalue weighted by molar-refractivity contribution is 0.0636. The number of piperidine rings is 1. The van der Waals surface area contributed by atoms with E-state index in [1.54, 1.807) is 6.20 Å². The Morgan fingerprint density at radius 3 is 2.90 bits per heavy atom. The summed E-state index contributed by atoms with van der Waals surface area (Å²) in [6, 6.07) is 12.5. The zero-order valence-corrected chi connectivity index (χ0v) is 17.4. The summed E-state index contributed by atoms with van der Waals surface area (Å²) in [6.45, 7) is 7.02.